The molecule has 130 valence electrons. The van der Waals surface area contributed by atoms with Crippen LogP contribution in [-0.4, -0.2) is 31.1 Å². The third kappa shape index (κ3) is 4.42. The predicted molar refractivity (Wildman–Crippen MR) is 92.1 cm³/mol. The van der Waals surface area contributed by atoms with E-state index in [-0.39, 0.29) is 17.6 Å². The molecule has 1 atom stereocenters. The van der Waals surface area contributed by atoms with Crippen LogP contribution in [0.25, 0.3) is 0 Å². The molecule has 1 unspecified atom stereocenters. The molecule has 25 heavy (non-hydrogen) atoms. The SMILES string of the molecule is O=C(NCC1CCCO1)c1ccc(NC(=O)c2ccccc2F)cc1. The van der Waals surface area contributed by atoms with Crippen LogP contribution in [0, 0.1) is 5.82 Å². The van der Waals surface area contributed by atoms with E-state index in [4.69, 9.17) is 4.74 Å². The Labute approximate surface area is 145 Å². The van der Waals surface area contributed by atoms with E-state index in [1.165, 1.54) is 18.2 Å². The van der Waals surface area contributed by atoms with Gasteiger partial charge in [-0.15, -0.1) is 0 Å². The summed E-state index contributed by atoms with van der Waals surface area (Å²) in [6.45, 7) is 1.24. The zero-order valence-corrected chi connectivity index (χ0v) is 13.6. The Kier molecular flexibility index (Phi) is 5.40. The number of ether oxygens (including phenoxy) is 1. The molecule has 1 aliphatic heterocycles. The first kappa shape index (κ1) is 17.1. The minimum Gasteiger partial charge on any atom is -0.376 e. The summed E-state index contributed by atoms with van der Waals surface area (Å²) in [6, 6.07) is 12.2. The molecule has 0 radical (unpaired) electrons. The number of rotatable bonds is 5. The molecule has 5 nitrogen and oxygen atoms in total. The topological polar surface area (TPSA) is 67.4 Å². The van der Waals surface area contributed by atoms with Crippen molar-refractivity contribution in [1.29, 1.82) is 0 Å². The Balaban J connectivity index is 1.57. The number of halogens is 1. The summed E-state index contributed by atoms with van der Waals surface area (Å²) in [5.74, 6) is -1.30. The normalized spacial score (nSPS) is 16.4. The van der Waals surface area contributed by atoms with E-state index in [2.05, 4.69) is 10.6 Å². The van der Waals surface area contributed by atoms with Crippen LogP contribution in [0.2, 0.25) is 0 Å². The third-order valence-electron chi connectivity index (χ3n) is 4.04. The van der Waals surface area contributed by atoms with Crippen molar-refractivity contribution in [1.82, 2.24) is 5.32 Å². The highest BCUT2D eigenvalue weighted by atomic mass is 19.1. The molecule has 0 bridgehead atoms. The lowest BCUT2D eigenvalue weighted by molar-refractivity contribution is 0.0857. The molecular weight excluding hydrogens is 323 g/mol. The van der Waals surface area contributed by atoms with Crippen LogP contribution in [-0.2, 0) is 4.74 Å². The van der Waals surface area contributed by atoms with E-state index in [0.717, 1.165) is 19.4 Å². The molecule has 0 saturated carbocycles. The van der Waals surface area contributed by atoms with Crippen molar-refractivity contribution in [3.63, 3.8) is 0 Å². The highest BCUT2D eigenvalue weighted by molar-refractivity contribution is 6.04. The molecule has 0 aliphatic carbocycles. The van der Waals surface area contributed by atoms with E-state index < -0.39 is 11.7 Å². The van der Waals surface area contributed by atoms with Gasteiger partial charge in [0.15, 0.2) is 0 Å². The van der Waals surface area contributed by atoms with Gasteiger partial charge in [-0.05, 0) is 49.2 Å². The molecule has 2 aromatic carbocycles. The molecule has 1 fully saturated rings. The number of carbonyl (C=O) groups is 2. The summed E-state index contributed by atoms with van der Waals surface area (Å²) in [5.41, 5.74) is 0.951. The maximum atomic E-state index is 13.6. The maximum absolute atomic E-state index is 13.6. The van der Waals surface area contributed by atoms with Crippen molar-refractivity contribution in [2.24, 2.45) is 0 Å². The van der Waals surface area contributed by atoms with E-state index in [0.29, 0.717) is 17.8 Å². The smallest absolute Gasteiger partial charge is 0.258 e. The minimum absolute atomic E-state index is 0.0270. The predicted octanol–water partition coefficient (Wildman–Crippen LogP) is 2.99. The van der Waals surface area contributed by atoms with Crippen molar-refractivity contribution in [2.45, 2.75) is 18.9 Å². The molecule has 0 spiro atoms. The lowest BCUT2D eigenvalue weighted by Gasteiger charge is -2.11. The largest absolute Gasteiger partial charge is 0.376 e. The van der Waals surface area contributed by atoms with Gasteiger partial charge in [-0.3, -0.25) is 9.59 Å². The zero-order valence-electron chi connectivity index (χ0n) is 13.6. The van der Waals surface area contributed by atoms with Crippen molar-refractivity contribution >= 4 is 17.5 Å². The average Bonchev–Trinajstić information content (AvgIpc) is 3.14. The minimum atomic E-state index is -0.579. The molecule has 2 aromatic rings. The van der Waals surface area contributed by atoms with Crippen LogP contribution in [0.15, 0.2) is 48.5 Å². The summed E-state index contributed by atoms with van der Waals surface area (Å²) in [7, 11) is 0. The van der Waals surface area contributed by atoms with Crippen LogP contribution >= 0.6 is 0 Å². The summed E-state index contributed by atoms with van der Waals surface area (Å²) < 4.78 is 19.1. The third-order valence-corrected chi connectivity index (χ3v) is 4.04. The van der Waals surface area contributed by atoms with Crippen LogP contribution in [0.1, 0.15) is 33.6 Å². The molecule has 1 heterocycles. The molecule has 0 aromatic heterocycles. The monoisotopic (exact) mass is 342 g/mol. The number of anilines is 1. The number of nitrogens with one attached hydrogen (secondary N) is 2. The lowest BCUT2D eigenvalue weighted by atomic mass is 10.1. The first-order chi connectivity index (χ1) is 12.1. The second-order valence-corrected chi connectivity index (χ2v) is 5.86. The van der Waals surface area contributed by atoms with Gasteiger partial charge in [-0.25, -0.2) is 4.39 Å². The fourth-order valence-electron chi connectivity index (χ4n) is 2.66. The van der Waals surface area contributed by atoms with E-state index in [1.807, 2.05) is 0 Å². The van der Waals surface area contributed by atoms with Crippen LogP contribution in [0.3, 0.4) is 0 Å². The van der Waals surface area contributed by atoms with Crippen molar-refractivity contribution in [3.8, 4) is 0 Å². The molecular formula is C19H19FN2O3. The zero-order chi connectivity index (χ0) is 17.6. The van der Waals surface area contributed by atoms with Crippen LogP contribution in [0.5, 0.6) is 0 Å². The number of hydrogen-bond donors (Lipinski definition) is 2. The Morgan fingerprint density at radius 3 is 2.52 bits per heavy atom. The van der Waals surface area contributed by atoms with E-state index in [9.17, 15) is 14.0 Å². The Morgan fingerprint density at radius 1 is 1.08 bits per heavy atom. The second kappa shape index (κ2) is 7.90. The quantitative estimate of drug-likeness (QED) is 0.878. The van der Waals surface area contributed by atoms with Crippen LogP contribution in [0.4, 0.5) is 10.1 Å². The maximum Gasteiger partial charge on any atom is 0.258 e. The van der Waals surface area contributed by atoms with E-state index >= 15 is 0 Å². The lowest BCUT2D eigenvalue weighted by Crippen LogP contribution is -2.31. The molecule has 2 amide bonds. The van der Waals surface area contributed by atoms with Gasteiger partial charge >= 0.3 is 0 Å². The van der Waals surface area contributed by atoms with E-state index in [1.54, 1.807) is 30.3 Å². The highest BCUT2D eigenvalue weighted by Crippen LogP contribution is 2.14. The van der Waals surface area contributed by atoms with Gasteiger partial charge < -0.3 is 15.4 Å². The van der Waals surface area contributed by atoms with Crippen molar-refractivity contribution in [3.05, 3.63) is 65.5 Å². The van der Waals surface area contributed by atoms with Gasteiger partial charge in [-0.2, -0.15) is 0 Å². The van der Waals surface area contributed by atoms with Gasteiger partial charge in [-0.1, -0.05) is 12.1 Å². The highest BCUT2D eigenvalue weighted by Gasteiger charge is 2.17. The van der Waals surface area contributed by atoms with Crippen molar-refractivity contribution in [2.75, 3.05) is 18.5 Å². The number of carbonyl (C=O) groups excluding carboxylic acids is 2. The van der Waals surface area contributed by atoms with Crippen LogP contribution < -0.4 is 10.6 Å². The Morgan fingerprint density at radius 2 is 1.84 bits per heavy atom. The average molecular weight is 342 g/mol. The molecule has 6 heteroatoms. The van der Waals surface area contributed by atoms with Gasteiger partial charge in [0.05, 0.1) is 11.7 Å². The fourth-order valence-corrected chi connectivity index (χ4v) is 2.66. The van der Waals surface area contributed by atoms with Gasteiger partial charge in [0.1, 0.15) is 5.82 Å². The number of hydrogen-bond acceptors (Lipinski definition) is 3. The summed E-state index contributed by atoms with van der Waals surface area (Å²) in [5, 5.41) is 5.44. The molecule has 1 saturated heterocycles. The number of amides is 2. The molecule has 2 N–H and O–H groups in total. The standard InChI is InChI=1S/C19H19FN2O3/c20-17-6-2-1-5-16(17)19(24)22-14-9-7-13(8-10-14)18(23)21-12-15-4-3-11-25-15/h1-2,5-10,15H,3-4,11-12H2,(H,21,23)(H,22,24). The first-order valence-corrected chi connectivity index (χ1v) is 8.19. The van der Waals surface area contributed by atoms with Gasteiger partial charge in [0.2, 0.25) is 0 Å². The fraction of sp³-hybridized carbons (Fsp3) is 0.263. The first-order valence-electron chi connectivity index (χ1n) is 8.19. The van der Waals surface area contributed by atoms with Gasteiger partial charge in [0, 0.05) is 24.4 Å². The summed E-state index contributed by atoms with van der Waals surface area (Å²) >= 11 is 0. The summed E-state index contributed by atoms with van der Waals surface area (Å²) in [4.78, 5) is 24.2. The second-order valence-electron chi connectivity index (χ2n) is 5.86. The Bertz CT molecular complexity index is 756. The van der Waals surface area contributed by atoms with Gasteiger partial charge in [0.25, 0.3) is 11.8 Å². The summed E-state index contributed by atoms with van der Waals surface area (Å²) in [6.07, 6.45) is 2.07. The number of benzene rings is 2. The molecule has 1 aliphatic rings. The van der Waals surface area contributed by atoms with Crippen molar-refractivity contribution < 1.29 is 18.7 Å². The Hall–Kier alpha value is -2.73. The molecule has 3 rings (SSSR count).